The van der Waals surface area contributed by atoms with Crippen LogP contribution in [0.4, 0.5) is 5.82 Å². The predicted octanol–water partition coefficient (Wildman–Crippen LogP) is 2.28. The summed E-state index contributed by atoms with van der Waals surface area (Å²) in [5.74, 6) is 3.21. The molecule has 1 saturated carbocycles. The number of rotatable bonds is 4. The molecule has 0 spiro atoms. The monoisotopic (exact) mass is 243 g/mol. The molecule has 5 heteroatoms. The maximum Gasteiger partial charge on any atom is 0.159 e. The van der Waals surface area contributed by atoms with Gasteiger partial charge in [0.15, 0.2) is 5.82 Å². The number of nitrogens with zero attached hydrogens (tertiary/aromatic N) is 4. The molecule has 0 saturated heterocycles. The molecule has 0 aliphatic heterocycles. The summed E-state index contributed by atoms with van der Waals surface area (Å²) in [5.41, 5.74) is 1.13. The van der Waals surface area contributed by atoms with Crippen LogP contribution in [0.2, 0.25) is 0 Å². The van der Waals surface area contributed by atoms with E-state index >= 15 is 0 Å². The highest BCUT2D eigenvalue weighted by atomic mass is 15.3. The Morgan fingerprint density at radius 2 is 2.22 bits per heavy atom. The van der Waals surface area contributed by atoms with Gasteiger partial charge >= 0.3 is 0 Å². The van der Waals surface area contributed by atoms with Crippen LogP contribution in [-0.2, 0) is 0 Å². The summed E-state index contributed by atoms with van der Waals surface area (Å²) >= 11 is 0. The summed E-state index contributed by atoms with van der Waals surface area (Å²) in [6, 6.07) is 1.95. The Balaban J connectivity index is 2.01. The molecule has 0 atom stereocenters. The zero-order chi connectivity index (χ0) is 12.5. The van der Waals surface area contributed by atoms with E-state index in [1.807, 2.05) is 30.1 Å². The van der Waals surface area contributed by atoms with Crippen molar-refractivity contribution in [1.29, 1.82) is 0 Å². The molecule has 0 radical (unpaired) electrons. The van der Waals surface area contributed by atoms with Gasteiger partial charge in [-0.1, -0.05) is 0 Å². The molecule has 1 aliphatic rings. The fourth-order valence-electron chi connectivity index (χ4n) is 1.90. The average Bonchev–Trinajstić information content (AvgIpc) is 3.12. The fourth-order valence-corrected chi connectivity index (χ4v) is 1.90. The Kier molecular flexibility index (Phi) is 2.74. The quantitative estimate of drug-likeness (QED) is 0.895. The average molecular weight is 243 g/mol. The lowest BCUT2D eigenvalue weighted by Crippen LogP contribution is -2.07. The van der Waals surface area contributed by atoms with Crippen LogP contribution in [0.1, 0.15) is 37.1 Å². The topological polar surface area (TPSA) is 55.6 Å². The first-order valence-corrected chi connectivity index (χ1v) is 6.40. The maximum atomic E-state index is 4.61. The van der Waals surface area contributed by atoms with E-state index in [0.717, 1.165) is 29.6 Å². The van der Waals surface area contributed by atoms with Gasteiger partial charge in [-0.05, 0) is 32.3 Å². The normalized spacial score (nSPS) is 14.8. The lowest BCUT2D eigenvalue weighted by atomic mass is 10.3. The maximum absolute atomic E-state index is 4.61. The van der Waals surface area contributed by atoms with Crippen molar-refractivity contribution < 1.29 is 0 Å². The summed E-state index contributed by atoms with van der Waals surface area (Å²) in [5, 5.41) is 7.56. The van der Waals surface area contributed by atoms with Gasteiger partial charge in [0.25, 0.3) is 0 Å². The number of nitrogens with one attached hydrogen (secondary N) is 1. The van der Waals surface area contributed by atoms with Gasteiger partial charge in [0, 0.05) is 24.7 Å². The van der Waals surface area contributed by atoms with Crippen molar-refractivity contribution in [3.63, 3.8) is 0 Å². The van der Waals surface area contributed by atoms with Crippen molar-refractivity contribution in [2.24, 2.45) is 0 Å². The van der Waals surface area contributed by atoms with Crippen molar-refractivity contribution in [3.05, 3.63) is 29.8 Å². The number of aryl methyl sites for hydroxylation is 1. The van der Waals surface area contributed by atoms with E-state index in [1.54, 1.807) is 0 Å². The first kappa shape index (κ1) is 11.2. The van der Waals surface area contributed by atoms with Gasteiger partial charge in [0.1, 0.15) is 11.6 Å². The highest BCUT2D eigenvalue weighted by Crippen LogP contribution is 2.38. The van der Waals surface area contributed by atoms with Crippen molar-refractivity contribution in [1.82, 2.24) is 19.7 Å². The van der Waals surface area contributed by atoms with Gasteiger partial charge in [-0.15, -0.1) is 0 Å². The van der Waals surface area contributed by atoms with Crippen LogP contribution in [0.15, 0.2) is 18.5 Å². The molecule has 2 aromatic rings. The van der Waals surface area contributed by atoms with E-state index < -0.39 is 0 Å². The van der Waals surface area contributed by atoms with Gasteiger partial charge in [-0.25, -0.2) is 14.6 Å². The second kappa shape index (κ2) is 4.40. The van der Waals surface area contributed by atoms with E-state index in [4.69, 9.17) is 0 Å². The molecular weight excluding hydrogens is 226 g/mol. The third-order valence-electron chi connectivity index (χ3n) is 2.98. The van der Waals surface area contributed by atoms with E-state index in [0.29, 0.717) is 5.92 Å². The highest BCUT2D eigenvalue weighted by molar-refractivity contribution is 5.42. The lowest BCUT2D eigenvalue weighted by Gasteiger charge is -2.08. The first-order valence-electron chi connectivity index (χ1n) is 6.40. The molecule has 2 aromatic heterocycles. The molecule has 1 fully saturated rings. The van der Waals surface area contributed by atoms with Crippen LogP contribution in [0, 0.1) is 6.92 Å². The predicted molar refractivity (Wildman–Crippen MR) is 70.0 cm³/mol. The van der Waals surface area contributed by atoms with E-state index in [-0.39, 0.29) is 0 Å². The van der Waals surface area contributed by atoms with Crippen LogP contribution in [0.25, 0.3) is 5.82 Å². The van der Waals surface area contributed by atoms with Crippen molar-refractivity contribution >= 4 is 5.82 Å². The third kappa shape index (κ3) is 2.20. The van der Waals surface area contributed by atoms with Gasteiger partial charge in [0.05, 0.1) is 6.20 Å². The smallest absolute Gasteiger partial charge is 0.159 e. The van der Waals surface area contributed by atoms with E-state index in [9.17, 15) is 0 Å². The number of hydrogen-bond acceptors (Lipinski definition) is 4. The molecule has 94 valence electrons. The van der Waals surface area contributed by atoms with Gasteiger partial charge in [-0.2, -0.15) is 5.10 Å². The second-order valence-corrected chi connectivity index (χ2v) is 4.74. The zero-order valence-electron chi connectivity index (χ0n) is 10.7. The molecule has 0 bridgehead atoms. The van der Waals surface area contributed by atoms with E-state index in [2.05, 4.69) is 27.3 Å². The Morgan fingerprint density at radius 3 is 2.83 bits per heavy atom. The summed E-state index contributed by atoms with van der Waals surface area (Å²) in [6.45, 7) is 4.95. The van der Waals surface area contributed by atoms with Crippen LogP contribution in [-0.4, -0.2) is 26.3 Å². The summed E-state index contributed by atoms with van der Waals surface area (Å²) < 4.78 is 1.81. The minimum atomic E-state index is 0.541. The van der Waals surface area contributed by atoms with Crippen LogP contribution in [0.5, 0.6) is 0 Å². The molecule has 5 nitrogen and oxygen atoms in total. The van der Waals surface area contributed by atoms with E-state index in [1.165, 1.54) is 12.8 Å². The highest BCUT2D eigenvalue weighted by Gasteiger charge is 2.27. The van der Waals surface area contributed by atoms with Gasteiger partial charge in [-0.3, -0.25) is 0 Å². The zero-order valence-corrected chi connectivity index (χ0v) is 10.7. The minimum Gasteiger partial charge on any atom is -0.370 e. The molecule has 0 aromatic carbocycles. The number of hydrogen-bond donors (Lipinski definition) is 1. The van der Waals surface area contributed by atoms with Gasteiger partial charge < -0.3 is 5.32 Å². The largest absolute Gasteiger partial charge is 0.370 e. The first-order chi connectivity index (χ1) is 8.76. The van der Waals surface area contributed by atoms with Crippen LogP contribution >= 0.6 is 0 Å². The fraction of sp³-hybridized carbons (Fsp3) is 0.462. The Bertz CT molecular complexity index is 556. The van der Waals surface area contributed by atoms with Gasteiger partial charge in [0.2, 0.25) is 0 Å². The number of anilines is 1. The minimum absolute atomic E-state index is 0.541. The molecule has 1 aliphatic carbocycles. The molecule has 0 amide bonds. The summed E-state index contributed by atoms with van der Waals surface area (Å²) in [6.07, 6.45) is 6.22. The Labute approximate surface area is 106 Å². The second-order valence-electron chi connectivity index (χ2n) is 4.74. The standard InChI is InChI=1S/C13H17N5/c1-3-14-11-6-12(18-8-9(2)7-15-18)17-13(16-11)10-4-5-10/h6-8,10H,3-5H2,1-2H3,(H,14,16,17). The SMILES string of the molecule is CCNc1cc(-n2cc(C)cn2)nc(C2CC2)n1. The molecule has 18 heavy (non-hydrogen) atoms. The van der Waals surface area contributed by atoms with Crippen molar-refractivity contribution in [2.75, 3.05) is 11.9 Å². The Morgan fingerprint density at radius 1 is 1.39 bits per heavy atom. The lowest BCUT2D eigenvalue weighted by molar-refractivity contribution is 0.809. The molecule has 2 heterocycles. The van der Waals surface area contributed by atoms with Crippen LogP contribution < -0.4 is 5.32 Å². The third-order valence-corrected chi connectivity index (χ3v) is 2.98. The summed E-state index contributed by atoms with van der Waals surface area (Å²) in [4.78, 5) is 9.16. The summed E-state index contributed by atoms with van der Waals surface area (Å²) in [7, 11) is 0. The Hall–Kier alpha value is -1.91. The molecular formula is C13H17N5. The molecule has 3 rings (SSSR count). The van der Waals surface area contributed by atoms with Crippen molar-refractivity contribution in [2.45, 2.75) is 32.6 Å². The van der Waals surface area contributed by atoms with Crippen LogP contribution in [0.3, 0.4) is 0 Å². The number of aromatic nitrogens is 4. The van der Waals surface area contributed by atoms with Crippen molar-refractivity contribution in [3.8, 4) is 5.82 Å². The molecule has 1 N–H and O–H groups in total. The molecule has 0 unspecified atom stereocenters.